The van der Waals surface area contributed by atoms with Gasteiger partial charge in [-0.05, 0) is 0 Å². The van der Waals surface area contributed by atoms with Gasteiger partial charge in [0.15, 0.2) is 5.78 Å². The SMILES string of the molecule is O=C(Cn1cc(Cl)c(=O)[nH]c1=O)c1cccc([N+](=O)[O-])c1. The van der Waals surface area contributed by atoms with Crippen molar-refractivity contribution in [2.24, 2.45) is 0 Å². The molecular formula is C12H8ClN3O5. The van der Waals surface area contributed by atoms with E-state index in [2.05, 4.69) is 0 Å². The van der Waals surface area contributed by atoms with Crippen LogP contribution in [0.25, 0.3) is 0 Å². The highest BCUT2D eigenvalue weighted by Crippen LogP contribution is 2.14. The van der Waals surface area contributed by atoms with Crippen LogP contribution < -0.4 is 11.2 Å². The van der Waals surface area contributed by atoms with Crippen LogP contribution in [0.15, 0.2) is 40.1 Å². The first-order valence-corrected chi connectivity index (χ1v) is 6.03. The number of rotatable bonds is 4. The monoisotopic (exact) mass is 309 g/mol. The summed E-state index contributed by atoms with van der Waals surface area (Å²) in [6, 6.07) is 5.13. The van der Waals surface area contributed by atoms with E-state index < -0.39 is 28.5 Å². The molecule has 8 nitrogen and oxygen atoms in total. The van der Waals surface area contributed by atoms with Crippen LogP contribution >= 0.6 is 11.6 Å². The van der Waals surface area contributed by atoms with Crippen molar-refractivity contribution in [3.8, 4) is 0 Å². The number of benzene rings is 1. The third-order valence-electron chi connectivity index (χ3n) is 2.66. The second kappa shape index (κ2) is 5.71. The van der Waals surface area contributed by atoms with E-state index >= 15 is 0 Å². The lowest BCUT2D eigenvalue weighted by atomic mass is 10.1. The number of hydrogen-bond donors (Lipinski definition) is 1. The molecule has 0 aliphatic heterocycles. The summed E-state index contributed by atoms with van der Waals surface area (Å²) in [6.07, 6.45) is 1.04. The van der Waals surface area contributed by atoms with Crippen molar-refractivity contribution >= 4 is 23.1 Å². The molecule has 108 valence electrons. The molecule has 0 spiro atoms. The minimum absolute atomic E-state index is 0.0819. The van der Waals surface area contributed by atoms with Crippen molar-refractivity contribution < 1.29 is 9.72 Å². The first kappa shape index (κ1) is 14.7. The lowest BCUT2D eigenvalue weighted by Crippen LogP contribution is -2.31. The molecule has 1 N–H and O–H groups in total. The smallest absolute Gasteiger partial charge is 0.292 e. The fourth-order valence-corrected chi connectivity index (χ4v) is 1.80. The maximum atomic E-state index is 12.0. The number of nitro benzene ring substituents is 1. The molecule has 0 atom stereocenters. The Hall–Kier alpha value is -2.74. The lowest BCUT2D eigenvalue weighted by Gasteiger charge is -2.04. The van der Waals surface area contributed by atoms with Crippen LogP contribution in [-0.2, 0) is 6.54 Å². The summed E-state index contributed by atoms with van der Waals surface area (Å²) in [7, 11) is 0. The van der Waals surface area contributed by atoms with E-state index in [1.807, 2.05) is 4.98 Å². The van der Waals surface area contributed by atoms with Gasteiger partial charge in [-0.2, -0.15) is 0 Å². The highest BCUT2D eigenvalue weighted by molar-refractivity contribution is 6.30. The molecular weight excluding hydrogens is 302 g/mol. The second-order valence-corrected chi connectivity index (χ2v) is 4.50. The molecule has 21 heavy (non-hydrogen) atoms. The van der Waals surface area contributed by atoms with Gasteiger partial charge < -0.3 is 0 Å². The Kier molecular flexibility index (Phi) is 3.99. The van der Waals surface area contributed by atoms with E-state index in [-0.39, 0.29) is 16.3 Å². The zero-order valence-corrected chi connectivity index (χ0v) is 11.2. The number of nitrogens with zero attached hydrogens (tertiary/aromatic N) is 2. The van der Waals surface area contributed by atoms with Crippen LogP contribution in [-0.4, -0.2) is 20.3 Å². The van der Waals surface area contributed by atoms with Gasteiger partial charge in [-0.15, -0.1) is 0 Å². The van der Waals surface area contributed by atoms with Crippen molar-refractivity contribution in [1.82, 2.24) is 9.55 Å². The van der Waals surface area contributed by atoms with E-state index in [0.29, 0.717) is 0 Å². The third kappa shape index (κ3) is 3.23. The number of H-pyrrole nitrogens is 1. The Labute approximate surface area is 121 Å². The number of Topliss-reactive ketones (excluding diaryl/α,β-unsaturated/α-hetero) is 1. The predicted octanol–water partition coefficient (Wildman–Crippen LogP) is 0.981. The van der Waals surface area contributed by atoms with Crippen LogP contribution in [0.1, 0.15) is 10.4 Å². The van der Waals surface area contributed by atoms with Crippen molar-refractivity contribution in [2.75, 3.05) is 0 Å². The van der Waals surface area contributed by atoms with Crippen LogP contribution in [0.4, 0.5) is 5.69 Å². The molecule has 2 rings (SSSR count). The molecule has 9 heteroatoms. The number of ketones is 1. The fourth-order valence-electron chi connectivity index (χ4n) is 1.64. The molecule has 0 saturated heterocycles. The van der Waals surface area contributed by atoms with Crippen LogP contribution in [0.5, 0.6) is 0 Å². The zero-order chi connectivity index (χ0) is 15.6. The minimum Gasteiger partial charge on any atom is -0.292 e. The van der Waals surface area contributed by atoms with Crippen LogP contribution in [0.2, 0.25) is 5.02 Å². The Morgan fingerprint density at radius 2 is 2.10 bits per heavy atom. The first-order chi connectivity index (χ1) is 9.88. The number of nitrogens with one attached hydrogen (secondary N) is 1. The van der Waals surface area contributed by atoms with Gasteiger partial charge in [0.1, 0.15) is 5.02 Å². The number of nitro groups is 1. The van der Waals surface area contributed by atoms with Gasteiger partial charge in [0.2, 0.25) is 0 Å². The van der Waals surface area contributed by atoms with E-state index in [0.717, 1.165) is 16.8 Å². The maximum Gasteiger partial charge on any atom is 0.328 e. The Bertz CT molecular complexity index is 839. The second-order valence-electron chi connectivity index (χ2n) is 4.09. The quantitative estimate of drug-likeness (QED) is 0.513. The van der Waals surface area contributed by atoms with Gasteiger partial charge in [-0.25, -0.2) is 4.79 Å². The largest absolute Gasteiger partial charge is 0.328 e. The summed E-state index contributed by atoms with van der Waals surface area (Å²) in [5.41, 5.74) is -1.69. The molecule has 1 aromatic carbocycles. The van der Waals surface area contributed by atoms with Gasteiger partial charge >= 0.3 is 5.69 Å². The molecule has 0 aliphatic carbocycles. The Morgan fingerprint density at radius 1 is 1.38 bits per heavy atom. The zero-order valence-electron chi connectivity index (χ0n) is 10.4. The molecule has 0 saturated carbocycles. The number of aromatic amines is 1. The number of halogens is 1. The van der Waals surface area contributed by atoms with E-state index in [9.17, 15) is 24.5 Å². The van der Waals surface area contributed by atoms with Gasteiger partial charge in [-0.1, -0.05) is 23.7 Å². The van der Waals surface area contributed by atoms with E-state index in [1.54, 1.807) is 0 Å². The van der Waals surface area contributed by atoms with Gasteiger partial charge in [0, 0.05) is 23.9 Å². The Morgan fingerprint density at radius 3 is 2.76 bits per heavy atom. The van der Waals surface area contributed by atoms with E-state index in [4.69, 9.17) is 11.6 Å². The molecule has 0 fully saturated rings. The maximum absolute atomic E-state index is 12.0. The Balaban J connectivity index is 2.32. The average Bonchev–Trinajstić information content (AvgIpc) is 2.44. The fraction of sp³-hybridized carbons (Fsp3) is 0.0833. The number of carbonyl (C=O) groups is 1. The van der Waals surface area contributed by atoms with E-state index in [1.165, 1.54) is 18.2 Å². The molecule has 0 aliphatic rings. The lowest BCUT2D eigenvalue weighted by molar-refractivity contribution is -0.384. The molecule has 1 heterocycles. The standard InChI is InChI=1S/C12H8ClN3O5/c13-9-5-15(12(19)14-11(9)18)6-10(17)7-2-1-3-8(4-7)16(20)21/h1-5H,6H2,(H,14,18,19). The van der Waals surface area contributed by atoms with Crippen molar-refractivity contribution in [3.63, 3.8) is 0 Å². The normalized spacial score (nSPS) is 10.3. The summed E-state index contributed by atoms with van der Waals surface area (Å²) in [5, 5.41) is 10.4. The summed E-state index contributed by atoms with van der Waals surface area (Å²) >= 11 is 5.58. The van der Waals surface area contributed by atoms with Gasteiger partial charge in [0.25, 0.3) is 11.2 Å². The first-order valence-electron chi connectivity index (χ1n) is 5.65. The highest BCUT2D eigenvalue weighted by atomic mass is 35.5. The summed E-state index contributed by atoms with van der Waals surface area (Å²) < 4.78 is 0.922. The van der Waals surface area contributed by atoms with Gasteiger partial charge in [0.05, 0.1) is 11.5 Å². The van der Waals surface area contributed by atoms with Gasteiger partial charge in [-0.3, -0.25) is 29.3 Å². The molecule has 2 aromatic rings. The minimum atomic E-state index is -0.789. The molecule has 0 bridgehead atoms. The number of non-ortho nitro benzene ring substituents is 1. The molecule has 1 aromatic heterocycles. The van der Waals surface area contributed by atoms with Crippen molar-refractivity contribution in [3.05, 3.63) is 72.0 Å². The third-order valence-corrected chi connectivity index (χ3v) is 2.93. The predicted molar refractivity (Wildman–Crippen MR) is 73.8 cm³/mol. The number of hydrogen-bond acceptors (Lipinski definition) is 5. The summed E-state index contributed by atoms with van der Waals surface area (Å²) in [4.78, 5) is 46.6. The number of carbonyl (C=O) groups excluding carboxylic acids is 1. The van der Waals surface area contributed by atoms with Crippen molar-refractivity contribution in [2.45, 2.75) is 6.54 Å². The van der Waals surface area contributed by atoms with Crippen LogP contribution in [0.3, 0.4) is 0 Å². The highest BCUT2D eigenvalue weighted by Gasteiger charge is 2.13. The average molecular weight is 310 g/mol. The summed E-state index contributed by atoms with van der Waals surface area (Å²) in [6.45, 7) is -0.392. The van der Waals surface area contributed by atoms with Crippen molar-refractivity contribution in [1.29, 1.82) is 0 Å². The number of aromatic nitrogens is 2. The molecule has 0 radical (unpaired) electrons. The molecule has 0 unspecified atom stereocenters. The summed E-state index contributed by atoms with van der Waals surface area (Å²) in [5.74, 6) is -0.524. The molecule has 0 amide bonds. The topological polar surface area (TPSA) is 115 Å². The van der Waals surface area contributed by atoms with Crippen LogP contribution in [0, 0.1) is 10.1 Å².